The summed E-state index contributed by atoms with van der Waals surface area (Å²) in [5.74, 6) is -0.270. The van der Waals surface area contributed by atoms with E-state index in [2.05, 4.69) is 33.6 Å². The minimum absolute atomic E-state index is 0.159. The topological polar surface area (TPSA) is 121 Å². The first kappa shape index (κ1) is 25.9. The number of aliphatic hydroxyl groups excluding tert-OH is 1. The monoisotopic (exact) mass is 489 g/mol. The number of nitrogens with two attached hydrogens (primary N) is 1. The number of aromatic nitrogens is 2. The number of thiol groups is 1. The highest BCUT2D eigenvalue weighted by Crippen LogP contribution is 2.32. The first-order valence-corrected chi connectivity index (χ1v) is 12.0. The number of anilines is 1. The molecular weight excluding hydrogens is 457 g/mol. The lowest BCUT2D eigenvalue weighted by Gasteiger charge is -2.26. The van der Waals surface area contributed by atoms with Crippen LogP contribution in [-0.2, 0) is 4.79 Å². The van der Waals surface area contributed by atoms with E-state index in [4.69, 9.17) is 4.79 Å². The SMILES string of the molecule is CC(O)C1(S)CCN(C(=O)c2cccc(-c3nc(NC4CCCCC4)ncc3F)c2)C1.NC=O. The van der Waals surface area contributed by atoms with Crippen LogP contribution in [0.4, 0.5) is 10.3 Å². The van der Waals surface area contributed by atoms with E-state index in [9.17, 15) is 14.3 Å². The number of nitrogens with zero attached hydrogens (tertiary/aromatic N) is 3. The maximum absolute atomic E-state index is 14.6. The number of primary amides is 1. The molecule has 2 fully saturated rings. The van der Waals surface area contributed by atoms with Gasteiger partial charge in [-0.3, -0.25) is 9.59 Å². The number of carbonyl (C=O) groups is 2. The third-order valence-corrected chi connectivity index (χ3v) is 7.15. The van der Waals surface area contributed by atoms with Crippen LogP contribution in [0.2, 0.25) is 0 Å². The number of hydrogen-bond acceptors (Lipinski definition) is 7. The van der Waals surface area contributed by atoms with Crippen molar-refractivity contribution >= 4 is 30.9 Å². The average molecular weight is 490 g/mol. The molecule has 2 aromatic rings. The molecule has 1 aliphatic carbocycles. The molecule has 1 saturated carbocycles. The van der Waals surface area contributed by atoms with Crippen LogP contribution in [0.1, 0.15) is 55.8 Å². The summed E-state index contributed by atoms with van der Waals surface area (Å²) in [4.78, 5) is 31.8. The molecule has 1 aromatic carbocycles. The van der Waals surface area contributed by atoms with Gasteiger partial charge in [0.1, 0.15) is 5.69 Å². The maximum Gasteiger partial charge on any atom is 0.253 e. The molecule has 0 radical (unpaired) electrons. The number of likely N-dealkylation sites (tertiary alicyclic amines) is 1. The molecule has 2 heterocycles. The minimum Gasteiger partial charge on any atom is -0.392 e. The first-order valence-electron chi connectivity index (χ1n) is 11.5. The number of carbonyl (C=O) groups excluding carboxylic acids is 2. The van der Waals surface area contributed by atoms with Gasteiger partial charge in [-0.15, -0.1) is 0 Å². The molecule has 1 aromatic heterocycles. The van der Waals surface area contributed by atoms with Crippen LogP contribution < -0.4 is 11.1 Å². The van der Waals surface area contributed by atoms with Crippen molar-refractivity contribution in [3.8, 4) is 11.3 Å². The largest absolute Gasteiger partial charge is 0.392 e. The Morgan fingerprint density at radius 1 is 1.38 bits per heavy atom. The van der Waals surface area contributed by atoms with Crippen LogP contribution in [0.25, 0.3) is 11.3 Å². The standard InChI is InChI=1S/C23H29FN4O2S.CH3NO/c1-15(29)23(31)10-11-28(14-23)21(30)17-7-5-6-16(12-17)20-19(24)13-25-22(27-20)26-18-8-3-2-4-9-18;2-1-3/h5-7,12-13,15,18,29,31H,2-4,8-11,14H2,1H3,(H,25,26,27);1H,(H2,2,3). The van der Waals surface area contributed by atoms with Gasteiger partial charge in [0.05, 0.1) is 17.0 Å². The average Bonchev–Trinajstić information content (AvgIpc) is 3.25. The van der Waals surface area contributed by atoms with Crippen molar-refractivity contribution in [3.05, 3.63) is 41.8 Å². The van der Waals surface area contributed by atoms with Crippen molar-refractivity contribution in [3.63, 3.8) is 0 Å². The van der Waals surface area contributed by atoms with E-state index < -0.39 is 16.7 Å². The van der Waals surface area contributed by atoms with Crippen LogP contribution in [0.3, 0.4) is 0 Å². The molecule has 34 heavy (non-hydrogen) atoms. The smallest absolute Gasteiger partial charge is 0.253 e. The summed E-state index contributed by atoms with van der Waals surface area (Å²) in [6.07, 6.45) is 7.16. The highest BCUT2D eigenvalue weighted by atomic mass is 32.1. The fourth-order valence-electron chi connectivity index (χ4n) is 4.38. The molecule has 10 heteroatoms. The van der Waals surface area contributed by atoms with Gasteiger partial charge < -0.3 is 21.1 Å². The van der Waals surface area contributed by atoms with Gasteiger partial charge in [-0.05, 0) is 38.3 Å². The van der Waals surface area contributed by atoms with E-state index in [-0.39, 0.29) is 18.0 Å². The second kappa shape index (κ2) is 11.6. The second-order valence-electron chi connectivity index (χ2n) is 8.84. The number of amides is 2. The van der Waals surface area contributed by atoms with E-state index in [1.807, 2.05) is 0 Å². The minimum atomic E-state index is -0.620. The molecule has 0 spiro atoms. The van der Waals surface area contributed by atoms with Crippen molar-refractivity contribution < 1.29 is 19.1 Å². The molecule has 8 nitrogen and oxygen atoms in total. The normalized spacial score (nSPS) is 21.4. The molecule has 4 N–H and O–H groups in total. The van der Waals surface area contributed by atoms with Gasteiger partial charge in [-0.25, -0.2) is 14.4 Å². The Labute approximate surface area is 204 Å². The number of benzene rings is 1. The third-order valence-electron chi connectivity index (χ3n) is 6.41. The summed E-state index contributed by atoms with van der Waals surface area (Å²) in [7, 11) is 0. The zero-order valence-electron chi connectivity index (χ0n) is 19.3. The van der Waals surface area contributed by atoms with Crippen LogP contribution in [-0.4, -0.2) is 62.3 Å². The summed E-state index contributed by atoms with van der Waals surface area (Å²) >= 11 is 4.58. The van der Waals surface area contributed by atoms with Gasteiger partial charge in [0.25, 0.3) is 5.91 Å². The number of rotatable bonds is 5. The van der Waals surface area contributed by atoms with Crippen molar-refractivity contribution in [2.45, 2.75) is 62.3 Å². The zero-order chi connectivity index (χ0) is 24.7. The number of nitrogens with one attached hydrogen (secondary N) is 1. The maximum atomic E-state index is 14.6. The molecule has 2 amide bonds. The molecule has 184 valence electrons. The van der Waals surface area contributed by atoms with Gasteiger partial charge in [0.15, 0.2) is 5.82 Å². The van der Waals surface area contributed by atoms with Gasteiger partial charge in [0, 0.05) is 30.3 Å². The summed E-state index contributed by atoms with van der Waals surface area (Å²) < 4.78 is 14.0. The Kier molecular flexibility index (Phi) is 8.84. The van der Waals surface area contributed by atoms with Crippen molar-refractivity contribution in [2.75, 3.05) is 18.4 Å². The zero-order valence-corrected chi connectivity index (χ0v) is 20.2. The Morgan fingerprint density at radius 3 is 2.74 bits per heavy atom. The number of hydrogen-bond donors (Lipinski definition) is 4. The predicted molar refractivity (Wildman–Crippen MR) is 132 cm³/mol. The fraction of sp³-hybridized carbons (Fsp3) is 0.500. The first-order chi connectivity index (χ1) is 16.3. The lowest BCUT2D eigenvalue weighted by molar-refractivity contribution is -0.106. The molecule has 1 aliphatic heterocycles. The van der Waals surface area contributed by atoms with Crippen LogP contribution in [0, 0.1) is 5.82 Å². The highest BCUT2D eigenvalue weighted by molar-refractivity contribution is 7.82. The van der Waals surface area contributed by atoms with Crippen LogP contribution in [0.15, 0.2) is 30.5 Å². The van der Waals surface area contributed by atoms with E-state index in [1.165, 1.54) is 25.5 Å². The van der Waals surface area contributed by atoms with E-state index in [0.717, 1.165) is 12.8 Å². The number of aliphatic hydroxyl groups is 1. The molecule has 2 unspecified atom stereocenters. The Hall–Kier alpha value is -2.72. The van der Waals surface area contributed by atoms with Crippen molar-refractivity contribution in [1.82, 2.24) is 14.9 Å². The Bertz CT molecular complexity index is 1000. The molecule has 2 atom stereocenters. The van der Waals surface area contributed by atoms with Gasteiger partial charge in [-0.2, -0.15) is 12.6 Å². The summed E-state index contributed by atoms with van der Waals surface area (Å²) in [5.41, 5.74) is 5.33. The molecular formula is C24H32FN5O3S. The Balaban J connectivity index is 0.00000103. The Morgan fingerprint density at radius 2 is 2.09 bits per heavy atom. The van der Waals surface area contributed by atoms with Gasteiger partial charge >= 0.3 is 0 Å². The van der Waals surface area contributed by atoms with Crippen LogP contribution in [0.5, 0.6) is 0 Å². The summed E-state index contributed by atoms with van der Waals surface area (Å²) in [5, 5.41) is 13.3. The van der Waals surface area contributed by atoms with Crippen LogP contribution >= 0.6 is 12.6 Å². The second-order valence-corrected chi connectivity index (χ2v) is 9.73. The highest BCUT2D eigenvalue weighted by Gasteiger charge is 2.40. The predicted octanol–water partition coefficient (Wildman–Crippen LogP) is 3.02. The summed E-state index contributed by atoms with van der Waals surface area (Å²) in [6.45, 7) is 2.58. The van der Waals surface area contributed by atoms with Gasteiger partial charge in [0.2, 0.25) is 12.4 Å². The number of halogens is 1. The quantitative estimate of drug-likeness (QED) is 0.378. The summed E-state index contributed by atoms with van der Waals surface area (Å²) in [6, 6.07) is 7.17. The van der Waals surface area contributed by atoms with E-state index in [1.54, 1.807) is 36.1 Å². The fourth-order valence-corrected chi connectivity index (χ4v) is 4.65. The molecule has 1 saturated heterocycles. The molecule has 2 aliphatic rings. The van der Waals surface area contributed by atoms with Gasteiger partial charge in [-0.1, -0.05) is 31.4 Å². The van der Waals surface area contributed by atoms with Crippen molar-refractivity contribution in [1.29, 1.82) is 0 Å². The van der Waals surface area contributed by atoms with Crippen molar-refractivity contribution in [2.24, 2.45) is 5.73 Å². The van der Waals surface area contributed by atoms with E-state index >= 15 is 0 Å². The lowest BCUT2D eigenvalue weighted by Crippen LogP contribution is -2.39. The lowest BCUT2D eigenvalue weighted by atomic mass is 9.96. The molecule has 0 bridgehead atoms. The molecule has 4 rings (SSSR count). The third kappa shape index (κ3) is 6.24. The van der Waals surface area contributed by atoms with E-state index in [0.29, 0.717) is 42.6 Å².